The Morgan fingerprint density at radius 2 is 1.91 bits per heavy atom. The van der Waals surface area contributed by atoms with Crippen LogP contribution in [0.3, 0.4) is 0 Å². The van der Waals surface area contributed by atoms with E-state index in [1.165, 1.54) is 4.90 Å². The number of benzene rings is 2. The van der Waals surface area contributed by atoms with Gasteiger partial charge in [0.25, 0.3) is 0 Å². The molecule has 0 aliphatic carbocycles. The lowest BCUT2D eigenvalue weighted by Crippen LogP contribution is -2.41. The lowest BCUT2D eigenvalue weighted by Gasteiger charge is -2.28. The largest absolute Gasteiger partial charge is 0.477 e. The van der Waals surface area contributed by atoms with Crippen molar-refractivity contribution in [3.8, 4) is 5.69 Å². The molecule has 1 saturated heterocycles. The summed E-state index contributed by atoms with van der Waals surface area (Å²) in [7, 11) is 0. The van der Waals surface area contributed by atoms with Crippen LogP contribution in [0.25, 0.3) is 16.6 Å². The number of hydrogen-bond acceptors (Lipinski definition) is 4. The highest BCUT2D eigenvalue weighted by Gasteiger charge is 2.35. The number of rotatable bonds is 5. The molecule has 2 atom stereocenters. The molecule has 1 aliphatic heterocycles. The summed E-state index contributed by atoms with van der Waals surface area (Å²) in [5, 5.41) is 12.1. The highest BCUT2D eigenvalue weighted by Crippen LogP contribution is 2.35. The van der Waals surface area contributed by atoms with Gasteiger partial charge < -0.3 is 19.9 Å². The molecule has 1 aliphatic rings. The Balaban J connectivity index is 2.05. The standard InChI is InChI=1S/C23H21F4N3O3/c1-3-28-17-6-7-29(11(17)2)21-16(26)9-13-20(19(21)27)30(10-14(22(13)31)23(32)33)18-5-4-12(24)8-15(18)25/h4-5,8-11,17,28H,3,6-7H2,1-2H3,(H,32,33). The molecule has 10 heteroatoms. The Bertz CT molecular complexity index is 1320. The third kappa shape index (κ3) is 3.74. The summed E-state index contributed by atoms with van der Waals surface area (Å²) in [6.07, 6.45) is 1.40. The molecule has 33 heavy (non-hydrogen) atoms. The van der Waals surface area contributed by atoms with E-state index in [0.29, 0.717) is 25.6 Å². The smallest absolute Gasteiger partial charge is 0.341 e. The van der Waals surface area contributed by atoms with Crippen LogP contribution >= 0.6 is 0 Å². The predicted molar refractivity (Wildman–Crippen MR) is 115 cm³/mol. The first-order valence-corrected chi connectivity index (χ1v) is 10.4. The van der Waals surface area contributed by atoms with E-state index in [0.717, 1.165) is 29.0 Å². The number of nitrogens with zero attached hydrogens (tertiary/aromatic N) is 2. The minimum Gasteiger partial charge on any atom is -0.477 e. The van der Waals surface area contributed by atoms with Crippen molar-refractivity contribution >= 4 is 22.6 Å². The van der Waals surface area contributed by atoms with Gasteiger partial charge in [0.05, 0.1) is 16.6 Å². The second kappa shape index (κ2) is 8.51. The zero-order chi connectivity index (χ0) is 24.0. The second-order valence-electron chi connectivity index (χ2n) is 7.95. The molecule has 0 saturated carbocycles. The zero-order valence-electron chi connectivity index (χ0n) is 17.8. The summed E-state index contributed by atoms with van der Waals surface area (Å²) in [5.74, 6) is -5.82. The molecule has 2 unspecified atom stereocenters. The Hall–Kier alpha value is -3.40. The molecule has 0 spiro atoms. The fourth-order valence-electron chi connectivity index (χ4n) is 4.48. The molecule has 0 radical (unpaired) electrons. The average molecular weight is 463 g/mol. The van der Waals surface area contributed by atoms with Gasteiger partial charge >= 0.3 is 5.97 Å². The molecule has 6 nitrogen and oxygen atoms in total. The summed E-state index contributed by atoms with van der Waals surface area (Å²) >= 11 is 0. The first-order chi connectivity index (χ1) is 15.6. The van der Waals surface area contributed by atoms with E-state index in [9.17, 15) is 23.5 Å². The maximum Gasteiger partial charge on any atom is 0.341 e. The Morgan fingerprint density at radius 1 is 1.18 bits per heavy atom. The summed E-state index contributed by atoms with van der Waals surface area (Å²) < 4.78 is 60.0. The van der Waals surface area contributed by atoms with Gasteiger partial charge in [0.2, 0.25) is 5.43 Å². The van der Waals surface area contributed by atoms with Gasteiger partial charge in [-0.1, -0.05) is 6.92 Å². The Labute approximate surface area is 186 Å². The number of fused-ring (bicyclic) bond motifs is 1. The van der Waals surface area contributed by atoms with Gasteiger partial charge in [-0.15, -0.1) is 0 Å². The molecular weight excluding hydrogens is 442 g/mol. The molecule has 4 rings (SSSR count). The predicted octanol–water partition coefficient (Wildman–Crippen LogP) is 3.82. The van der Waals surface area contributed by atoms with Crippen LogP contribution in [0.1, 0.15) is 30.6 Å². The Morgan fingerprint density at radius 3 is 2.55 bits per heavy atom. The molecule has 0 bridgehead atoms. The number of carboxylic acids is 1. The molecule has 174 valence electrons. The van der Waals surface area contributed by atoms with Crippen molar-refractivity contribution in [3.05, 3.63) is 69.5 Å². The van der Waals surface area contributed by atoms with Crippen LogP contribution in [-0.4, -0.2) is 40.8 Å². The number of carbonyl (C=O) groups is 1. The lowest BCUT2D eigenvalue weighted by atomic mass is 10.1. The van der Waals surface area contributed by atoms with Crippen LogP contribution in [0.2, 0.25) is 0 Å². The summed E-state index contributed by atoms with van der Waals surface area (Å²) in [6.45, 7) is 4.74. The number of halogens is 4. The van der Waals surface area contributed by atoms with Gasteiger partial charge in [-0.25, -0.2) is 22.4 Å². The molecule has 2 N–H and O–H groups in total. The fraction of sp³-hybridized carbons (Fsp3) is 0.304. The lowest BCUT2D eigenvalue weighted by molar-refractivity contribution is 0.0695. The normalized spacial score (nSPS) is 18.3. The molecule has 3 aromatic rings. The van der Waals surface area contributed by atoms with E-state index < -0.39 is 56.8 Å². The van der Waals surface area contributed by atoms with Gasteiger partial charge in [-0.2, -0.15) is 0 Å². The third-order valence-electron chi connectivity index (χ3n) is 6.06. The number of aromatic carboxylic acids is 1. The van der Waals surface area contributed by atoms with Gasteiger partial charge in [0.15, 0.2) is 5.82 Å². The quantitative estimate of drug-likeness (QED) is 0.563. The minimum atomic E-state index is -1.65. The summed E-state index contributed by atoms with van der Waals surface area (Å²) in [4.78, 5) is 25.9. The average Bonchev–Trinajstić information content (AvgIpc) is 3.09. The monoisotopic (exact) mass is 463 g/mol. The number of pyridine rings is 1. The maximum absolute atomic E-state index is 15.9. The number of hydrogen-bond donors (Lipinski definition) is 2. The van der Waals surface area contributed by atoms with Gasteiger partial charge in [0.1, 0.15) is 28.7 Å². The van der Waals surface area contributed by atoms with E-state index in [-0.39, 0.29) is 17.8 Å². The maximum atomic E-state index is 15.9. The minimum absolute atomic E-state index is 0.0179. The molecule has 2 aromatic carbocycles. The number of aromatic nitrogens is 1. The van der Waals surface area contributed by atoms with Crippen LogP contribution < -0.4 is 15.6 Å². The fourth-order valence-corrected chi connectivity index (χ4v) is 4.48. The van der Waals surface area contributed by atoms with Crippen molar-refractivity contribution in [3.63, 3.8) is 0 Å². The first kappa shape index (κ1) is 22.8. The number of likely N-dealkylation sites (N-methyl/N-ethyl adjacent to an activating group) is 1. The van der Waals surface area contributed by atoms with Crippen LogP contribution in [0, 0.1) is 23.3 Å². The summed E-state index contributed by atoms with van der Waals surface area (Å²) in [6, 6.07) is 2.92. The third-order valence-corrected chi connectivity index (χ3v) is 6.06. The highest BCUT2D eigenvalue weighted by molar-refractivity contribution is 5.94. The Kier molecular flexibility index (Phi) is 5.87. The van der Waals surface area contributed by atoms with Crippen molar-refractivity contribution in [2.75, 3.05) is 18.0 Å². The van der Waals surface area contributed by atoms with Crippen LogP contribution in [0.5, 0.6) is 0 Å². The van der Waals surface area contributed by atoms with Crippen molar-refractivity contribution < 1.29 is 27.5 Å². The van der Waals surface area contributed by atoms with Crippen molar-refractivity contribution in [2.45, 2.75) is 32.4 Å². The van der Waals surface area contributed by atoms with Gasteiger partial charge in [-0.05, 0) is 38.1 Å². The zero-order valence-corrected chi connectivity index (χ0v) is 17.8. The number of carboxylic acid groups (broad SMARTS) is 1. The molecule has 1 aromatic heterocycles. The SMILES string of the molecule is CCNC1CCN(c2c(F)cc3c(=O)c(C(=O)O)cn(-c4ccc(F)cc4F)c3c2F)C1C. The van der Waals surface area contributed by atoms with E-state index in [4.69, 9.17) is 0 Å². The van der Waals surface area contributed by atoms with Crippen molar-refractivity contribution in [1.82, 2.24) is 9.88 Å². The van der Waals surface area contributed by atoms with E-state index in [1.807, 2.05) is 13.8 Å². The van der Waals surface area contributed by atoms with Gasteiger partial charge in [-0.3, -0.25) is 4.79 Å². The van der Waals surface area contributed by atoms with Crippen molar-refractivity contribution in [1.29, 1.82) is 0 Å². The number of anilines is 1. The van der Waals surface area contributed by atoms with E-state index in [2.05, 4.69) is 5.32 Å². The highest BCUT2D eigenvalue weighted by atomic mass is 19.1. The first-order valence-electron chi connectivity index (χ1n) is 10.4. The number of nitrogens with one attached hydrogen (secondary N) is 1. The second-order valence-corrected chi connectivity index (χ2v) is 7.95. The van der Waals surface area contributed by atoms with E-state index >= 15 is 8.78 Å². The summed E-state index contributed by atoms with van der Waals surface area (Å²) in [5.41, 5.74) is -3.19. The molecule has 2 heterocycles. The van der Waals surface area contributed by atoms with E-state index in [1.54, 1.807) is 0 Å². The molecule has 0 amide bonds. The van der Waals surface area contributed by atoms with Crippen LogP contribution in [-0.2, 0) is 0 Å². The topological polar surface area (TPSA) is 74.6 Å². The van der Waals surface area contributed by atoms with Crippen molar-refractivity contribution in [2.24, 2.45) is 0 Å². The molecule has 1 fully saturated rings. The van der Waals surface area contributed by atoms with Crippen LogP contribution in [0.4, 0.5) is 23.2 Å². The van der Waals surface area contributed by atoms with Gasteiger partial charge in [0, 0.05) is 30.9 Å². The van der Waals surface area contributed by atoms with Crippen LogP contribution in [0.15, 0.2) is 35.3 Å². The molecular formula is C23H21F4N3O3.